The van der Waals surface area contributed by atoms with Crippen LogP contribution in [-0.2, 0) is 20.7 Å². The van der Waals surface area contributed by atoms with Crippen LogP contribution in [0.3, 0.4) is 0 Å². The molecule has 4 heteroatoms. The van der Waals surface area contributed by atoms with Gasteiger partial charge >= 0.3 is 5.97 Å². The summed E-state index contributed by atoms with van der Waals surface area (Å²) in [4.78, 5) is 11.8. The average molecular weight is 249 g/mol. The second kappa shape index (κ2) is 5.98. The van der Waals surface area contributed by atoms with Gasteiger partial charge in [0.25, 0.3) is 0 Å². The van der Waals surface area contributed by atoms with Gasteiger partial charge in [0.1, 0.15) is 12.1 Å². The average Bonchev–Trinajstić information content (AvgIpc) is 2.39. The summed E-state index contributed by atoms with van der Waals surface area (Å²) >= 11 is 0. The molecule has 0 amide bonds. The number of fused-ring (bicyclic) bond motifs is 1. The molecule has 2 N–H and O–H groups in total. The number of hydrogen-bond donors (Lipinski definition) is 1. The highest BCUT2D eigenvalue weighted by Gasteiger charge is 2.25. The van der Waals surface area contributed by atoms with Gasteiger partial charge < -0.3 is 15.2 Å². The molecule has 0 saturated heterocycles. The summed E-state index contributed by atoms with van der Waals surface area (Å²) in [5, 5.41) is 0. The highest BCUT2D eigenvalue weighted by molar-refractivity contribution is 5.76. The van der Waals surface area contributed by atoms with E-state index >= 15 is 0 Å². The zero-order chi connectivity index (χ0) is 13.0. The predicted molar refractivity (Wildman–Crippen MR) is 68.1 cm³/mol. The fourth-order valence-electron chi connectivity index (χ4n) is 2.31. The van der Waals surface area contributed by atoms with Crippen LogP contribution in [0.5, 0.6) is 0 Å². The molecule has 1 aliphatic rings. The summed E-state index contributed by atoms with van der Waals surface area (Å²) in [6.45, 7) is 0.188. The maximum atomic E-state index is 11.8. The minimum atomic E-state index is -0.705. The van der Waals surface area contributed by atoms with Crippen molar-refractivity contribution >= 4 is 5.97 Å². The summed E-state index contributed by atoms with van der Waals surface area (Å²) in [5.41, 5.74) is 8.04. The molecule has 0 bridgehead atoms. The third kappa shape index (κ3) is 2.89. The zero-order valence-corrected chi connectivity index (χ0v) is 10.6. The first kappa shape index (κ1) is 13.1. The van der Waals surface area contributed by atoms with Crippen LogP contribution in [0.4, 0.5) is 0 Å². The fraction of sp³-hybridized carbons (Fsp3) is 0.500. The normalized spacial score (nSPS) is 20.0. The Bertz CT molecular complexity index is 419. The van der Waals surface area contributed by atoms with E-state index in [1.54, 1.807) is 0 Å². The molecule has 1 aromatic rings. The first-order valence-electron chi connectivity index (χ1n) is 6.25. The number of rotatable bonds is 4. The SMILES string of the molecule is COCC(N)C(=O)OC1CCCc2ccccc21. The number of aryl methyl sites for hydroxylation is 1. The first-order chi connectivity index (χ1) is 8.72. The highest BCUT2D eigenvalue weighted by Crippen LogP contribution is 2.32. The molecule has 0 aromatic heterocycles. The standard InChI is InChI=1S/C14H19NO3/c1-17-9-12(15)14(16)18-13-8-4-6-10-5-2-3-7-11(10)13/h2-3,5,7,12-13H,4,6,8-9,15H2,1H3. The van der Waals surface area contributed by atoms with Crippen LogP contribution in [0.2, 0.25) is 0 Å². The van der Waals surface area contributed by atoms with E-state index in [4.69, 9.17) is 15.2 Å². The fourth-order valence-corrected chi connectivity index (χ4v) is 2.31. The van der Waals surface area contributed by atoms with E-state index in [1.807, 2.05) is 18.2 Å². The topological polar surface area (TPSA) is 61.5 Å². The third-order valence-corrected chi connectivity index (χ3v) is 3.22. The van der Waals surface area contributed by atoms with E-state index in [2.05, 4.69) is 6.07 Å². The van der Waals surface area contributed by atoms with Crippen molar-refractivity contribution in [3.63, 3.8) is 0 Å². The predicted octanol–water partition coefficient (Wildman–Crippen LogP) is 1.58. The Balaban J connectivity index is 2.05. The van der Waals surface area contributed by atoms with Crippen molar-refractivity contribution in [1.82, 2.24) is 0 Å². The van der Waals surface area contributed by atoms with Crippen LogP contribution in [0.15, 0.2) is 24.3 Å². The summed E-state index contributed by atoms with van der Waals surface area (Å²) in [6.07, 6.45) is 2.79. The smallest absolute Gasteiger partial charge is 0.325 e. The van der Waals surface area contributed by atoms with Gasteiger partial charge in [0.05, 0.1) is 6.61 Å². The van der Waals surface area contributed by atoms with E-state index in [0.29, 0.717) is 0 Å². The number of carbonyl (C=O) groups excluding carboxylic acids is 1. The minimum Gasteiger partial charge on any atom is -0.456 e. The second-order valence-corrected chi connectivity index (χ2v) is 4.58. The Labute approximate surface area is 107 Å². The lowest BCUT2D eigenvalue weighted by Gasteiger charge is -2.26. The van der Waals surface area contributed by atoms with Crippen LogP contribution in [0.1, 0.15) is 30.1 Å². The number of hydrogen-bond acceptors (Lipinski definition) is 4. The van der Waals surface area contributed by atoms with Crippen LogP contribution in [-0.4, -0.2) is 25.7 Å². The monoisotopic (exact) mass is 249 g/mol. The molecule has 2 atom stereocenters. The molecular formula is C14H19NO3. The van der Waals surface area contributed by atoms with Gasteiger partial charge in [-0.1, -0.05) is 24.3 Å². The van der Waals surface area contributed by atoms with Gasteiger partial charge in [0, 0.05) is 7.11 Å². The van der Waals surface area contributed by atoms with Crippen molar-refractivity contribution in [3.8, 4) is 0 Å². The molecule has 18 heavy (non-hydrogen) atoms. The minimum absolute atomic E-state index is 0.162. The summed E-state index contributed by atoms with van der Waals surface area (Å²) in [5.74, 6) is -0.390. The molecule has 2 rings (SSSR count). The molecule has 0 saturated carbocycles. The molecule has 0 fully saturated rings. The van der Waals surface area contributed by atoms with Gasteiger partial charge in [-0.3, -0.25) is 4.79 Å². The lowest BCUT2D eigenvalue weighted by molar-refractivity contribution is -0.153. The van der Waals surface area contributed by atoms with Crippen LogP contribution in [0.25, 0.3) is 0 Å². The Kier molecular flexibility index (Phi) is 4.33. The van der Waals surface area contributed by atoms with E-state index in [0.717, 1.165) is 24.8 Å². The second-order valence-electron chi connectivity index (χ2n) is 4.58. The van der Waals surface area contributed by atoms with Crippen molar-refractivity contribution in [1.29, 1.82) is 0 Å². The summed E-state index contributed by atoms with van der Waals surface area (Å²) < 4.78 is 10.3. The van der Waals surface area contributed by atoms with E-state index < -0.39 is 12.0 Å². The number of ether oxygens (including phenoxy) is 2. The largest absolute Gasteiger partial charge is 0.456 e. The molecule has 2 unspecified atom stereocenters. The van der Waals surface area contributed by atoms with E-state index in [-0.39, 0.29) is 12.7 Å². The maximum Gasteiger partial charge on any atom is 0.325 e. The Morgan fingerprint density at radius 2 is 2.28 bits per heavy atom. The van der Waals surface area contributed by atoms with Crippen molar-refractivity contribution in [2.75, 3.05) is 13.7 Å². The summed E-state index contributed by atoms with van der Waals surface area (Å²) in [6, 6.07) is 7.39. The lowest BCUT2D eigenvalue weighted by atomic mass is 9.89. The molecule has 0 radical (unpaired) electrons. The molecule has 0 aliphatic heterocycles. The molecule has 0 spiro atoms. The van der Waals surface area contributed by atoms with E-state index in [9.17, 15) is 4.79 Å². The molecule has 1 aromatic carbocycles. The Hall–Kier alpha value is -1.39. The number of methoxy groups -OCH3 is 1. The molecular weight excluding hydrogens is 230 g/mol. The number of benzene rings is 1. The van der Waals surface area contributed by atoms with Gasteiger partial charge in [-0.2, -0.15) is 0 Å². The van der Waals surface area contributed by atoms with Crippen LogP contribution in [0, 0.1) is 0 Å². The number of nitrogens with two attached hydrogens (primary N) is 1. The van der Waals surface area contributed by atoms with Crippen molar-refractivity contribution in [3.05, 3.63) is 35.4 Å². The van der Waals surface area contributed by atoms with Gasteiger partial charge in [-0.05, 0) is 30.4 Å². The van der Waals surface area contributed by atoms with Crippen LogP contribution >= 0.6 is 0 Å². The maximum absolute atomic E-state index is 11.8. The van der Waals surface area contributed by atoms with Crippen molar-refractivity contribution < 1.29 is 14.3 Å². The highest BCUT2D eigenvalue weighted by atomic mass is 16.5. The van der Waals surface area contributed by atoms with Gasteiger partial charge in [0.2, 0.25) is 0 Å². The molecule has 98 valence electrons. The lowest BCUT2D eigenvalue weighted by Crippen LogP contribution is -2.37. The zero-order valence-electron chi connectivity index (χ0n) is 10.6. The molecule has 1 aliphatic carbocycles. The first-order valence-corrected chi connectivity index (χ1v) is 6.25. The van der Waals surface area contributed by atoms with Gasteiger partial charge in [-0.15, -0.1) is 0 Å². The van der Waals surface area contributed by atoms with Gasteiger partial charge in [-0.25, -0.2) is 0 Å². The van der Waals surface area contributed by atoms with E-state index in [1.165, 1.54) is 12.7 Å². The third-order valence-electron chi connectivity index (χ3n) is 3.22. The molecule has 0 heterocycles. The number of esters is 1. The van der Waals surface area contributed by atoms with Crippen molar-refractivity contribution in [2.45, 2.75) is 31.4 Å². The summed E-state index contributed by atoms with van der Waals surface area (Å²) in [7, 11) is 1.52. The molecule has 4 nitrogen and oxygen atoms in total. The Morgan fingerprint density at radius 1 is 1.50 bits per heavy atom. The van der Waals surface area contributed by atoms with Crippen molar-refractivity contribution in [2.24, 2.45) is 5.73 Å². The number of carbonyl (C=O) groups is 1. The van der Waals surface area contributed by atoms with Gasteiger partial charge in [0.15, 0.2) is 0 Å². The quantitative estimate of drug-likeness (QED) is 0.823. The van der Waals surface area contributed by atoms with Crippen LogP contribution < -0.4 is 5.73 Å². The Morgan fingerprint density at radius 3 is 3.06 bits per heavy atom.